The SMILES string of the molecule is Clc1ccc(OCc2ccccc2)c(Cl)c1. The van der Waals surface area contributed by atoms with Crippen LogP contribution in [0, 0.1) is 0 Å². The molecule has 0 atom stereocenters. The Hall–Kier alpha value is -1.18. The fraction of sp³-hybridized carbons (Fsp3) is 0.0769. The maximum absolute atomic E-state index is 5.99. The maximum Gasteiger partial charge on any atom is 0.138 e. The van der Waals surface area contributed by atoms with E-state index >= 15 is 0 Å². The van der Waals surface area contributed by atoms with Crippen LogP contribution in [0.1, 0.15) is 5.56 Å². The van der Waals surface area contributed by atoms with E-state index < -0.39 is 0 Å². The summed E-state index contributed by atoms with van der Waals surface area (Å²) in [7, 11) is 0. The van der Waals surface area contributed by atoms with Crippen LogP contribution in [0.5, 0.6) is 5.75 Å². The molecule has 0 bridgehead atoms. The molecule has 0 saturated heterocycles. The number of halogens is 2. The normalized spacial score (nSPS) is 10.1. The van der Waals surface area contributed by atoms with Gasteiger partial charge < -0.3 is 4.74 Å². The molecular formula is C13H10Cl2O. The zero-order valence-corrected chi connectivity index (χ0v) is 10.0. The number of hydrogen-bond acceptors (Lipinski definition) is 1. The molecule has 0 aliphatic carbocycles. The Kier molecular flexibility index (Phi) is 3.70. The third-order valence-corrected chi connectivity index (χ3v) is 2.66. The lowest BCUT2D eigenvalue weighted by Crippen LogP contribution is -1.95. The minimum absolute atomic E-state index is 0.502. The summed E-state index contributed by atoms with van der Waals surface area (Å²) >= 11 is 11.8. The van der Waals surface area contributed by atoms with Crippen molar-refractivity contribution in [3.63, 3.8) is 0 Å². The standard InChI is InChI=1S/C13H10Cl2O/c14-11-6-7-13(12(15)8-11)16-9-10-4-2-1-3-5-10/h1-8H,9H2. The summed E-state index contributed by atoms with van der Waals surface area (Å²) in [6, 6.07) is 15.1. The first-order chi connectivity index (χ1) is 7.75. The van der Waals surface area contributed by atoms with Crippen LogP contribution < -0.4 is 4.74 Å². The summed E-state index contributed by atoms with van der Waals surface area (Å²) < 4.78 is 5.59. The lowest BCUT2D eigenvalue weighted by molar-refractivity contribution is 0.306. The summed E-state index contributed by atoms with van der Waals surface area (Å²) in [5, 5.41) is 1.14. The van der Waals surface area contributed by atoms with E-state index in [1.807, 2.05) is 30.3 Å². The Bertz CT molecular complexity index is 469. The molecule has 0 spiro atoms. The van der Waals surface area contributed by atoms with E-state index in [0.29, 0.717) is 22.4 Å². The fourth-order valence-corrected chi connectivity index (χ4v) is 1.79. The molecule has 0 fully saturated rings. The number of benzene rings is 2. The molecular weight excluding hydrogens is 243 g/mol. The highest BCUT2D eigenvalue weighted by Crippen LogP contribution is 2.28. The van der Waals surface area contributed by atoms with Crippen LogP contribution in [0.25, 0.3) is 0 Å². The van der Waals surface area contributed by atoms with Crippen molar-refractivity contribution in [1.82, 2.24) is 0 Å². The summed E-state index contributed by atoms with van der Waals surface area (Å²) in [4.78, 5) is 0. The molecule has 82 valence electrons. The molecule has 0 aliphatic rings. The predicted octanol–water partition coefficient (Wildman–Crippen LogP) is 4.57. The Labute approximate surface area is 105 Å². The van der Waals surface area contributed by atoms with Crippen molar-refractivity contribution in [2.24, 2.45) is 0 Å². The second-order valence-electron chi connectivity index (χ2n) is 3.35. The van der Waals surface area contributed by atoms with Gasteiger partial charge in [-0.25, -0.2) is 0 Å². The van der Waals surface area contributed by atoms with E-state index in [0.717, 1.165) is 5.56 Å². The van der Waals surface area contributed by atoms with Crippen molar-refractivity contribution in [3.05, 3.63) is 64.1 Å². The van der Waals surface area contributed by atoms with Crippen LogP contribution in [0.3, 0.4) is 0 Å². The minimum Gasteiger partial charge on any atom is -0.487 e. The molecule has 1 nitrogen and oxygen atoms in total. The van der Waals surface area contributed by atoms with Crippen LogP contribution in [0.4, 0.5) is 0 Å². The van der Waals surface area contributed by atoms with Crippen molar-refractivity contribution < 1.29 is 4.74 Å². The van der Waals surface area contributed by atoms with Crippen LogP contribution >= 0.6 is 23.2 Å². The third kappa shape index (κ3) is 2.91. The van der Waals surface area contributed by atoms with Crippen LogP contribution in [0.2, 0.25) is 10.0 Å². The lowest BCUT2D eigenvalue weighted by atomic mass is 10.2. The molecule has 3 heteroatoms. The average Bonchev–Trinajstić information content (AvgIpc) is 2.29. The van der Waals surface area contributed by atoms with E-state index in [1.165, 1.54) is 0 Å². The van der Waals surface area contributed by atoms with Gasteiger partial charge in [0.25, 0.3) is 0 Å². The van der Waals surface area contributed by atoms with Crippen molar-refractivity contribution in [3.8, 4) is 5.75 Å². The smallest absolute Gasteiger partial charge is 0.138 e. The van der Waals surface area contributed by atoms with Gasteiger partial charge in [0.1, 0.15) is 12.4 Å². The molecule has 16 heavy (non-hydrogen) atoms. The molecule has 0 aromatic heterocycles. The summed E-state index contributed by atoms with van der Waals surface area (Å²) in [6.45, 7) is 0.502. The largest absolute Gasteiger partial charge is 0.487 e. The molecule has 2 rings (SSSR count). The van der Waals surface area contributed by atoms with Gasteiger partial charge in [-0.2, -0.15) is 0 Å². The molecule has 0 saturated carbocycles. The van der Waals surface area contributed by atoms with Gasteiger partial charge in [0.05, 0.1) is 5.02 Å². The topological polar surface area (TPSA) is 9.23 Å². The first-order valence-electron chi connectivity index (χ1n) is 4.87. The van der Waals surface area contributed by atoms with Crippen LogP contribution in [-0.2, 0) is 6.61 Å². The Morgan fingerprint density at radius 1 is 0.938 bits per heavy atom. The number of rotatable bonds is 3. The Balaban J connectivity index is 2.05. The van der Waals surface area contributed by atoms with Gasteiger partial charge in [-0.05, 0) is 23.8 Å². The quantitative estimate of drug-likeness (QED) is 0.778. The van der Waals surface area contributed by atoms with Crippen molar-refractivity contribution in [2.45, 2.75) is 6.61 Å². The first-order valence-corrected chi connectivity index (χ1v) is 5.63. The Morgan fingerprint density at radius 2 is 1.69 bits per heavy atom. The number of ether oxygens (including phenoxy) is 1. The van der Waals surface area contributed by atoms with Gasteiger partial charge in [0.2, 0.25) is 0 Å². The molecule has 2 aromatic rings. The highest BCUT2D eigenvalue weighted by atomic mass is 35.5. The molecule has 0 heterocycles. The predicted molar refractivity (Wildman–Crippen MR) is 67.2 cm³/mol. The van der Waals surface area contributed by atoms with Crippen molar-refractivity contribution >= 4 is 23.2 Å². The van der Waals surface area contributed by atoms with Gasteiger partial charge in [-0.15, -0.1) is 0 Å². The Morgan fingerprint density at radius 3 is 2.38 bits per heavy atom. The van der Waals surface area contributed by atoms with Crippen LogP contribution in [-0.4, -0.2) is 0 Å². The molecule has 0 unspecified atom stereocenters. The first kappa shape index (κ1) is 11.3. The zero-order valence-electron chi connectivity index (χ0n) is 8.49. The fourth-order valence-electron chi connectivity index (χ4n) is 1.33. The molecule has 0 aliphatic heterocycles. The minimum atomic E-state index is 0.502. The average molecular weight is 253 g/mol. The van der Waals surface area contributed by atoms with Gasteiger partial charge in [-0.3, -0.25) is 0 Å². The van der Waals surface area contributed by atoms with E-state index in [4.69, 9.17) is 27.9 Å². The van der Waals surface area contributed by atoms with E-state index in [2.05, 4.69) is 0 Å². The third-order valence-electron chi connectivity index (χ3n) is 2.13. The molecule has 0 radical (unpaired) electrons. The van der Waals surface area contributed by atoms with E-state index in [-0.39, 0.29) is 0 Å². The van der Waals surface area contributed by atoms with Crippen LogP contribution in [0.15, 0.2) is 48.5 Å². The van der Waals surface area contributed by atoms with E-state index in [9.17, 15) is 0 Å². The molecule has 0 N–H and O–H groups in total. The van der Waals surface area contributed by atoms with Gasteiger partial charge in [0.15, 0.2) is 0 Å². The van der Waals surface area contributed by atoms with E-state index in [1.54, 1.807) is 18.2 Å². The highest BCUT2D eigenvalue weighted by Gasteiger charge is 2.02. The monoisotopic (exact) mass is 252 g/mol. The summed E-state index contributed by atoms with van der Waals surface area (Å²) in [5.74, 6) is 0.648. The number of hydrogen-bond donors (Lipinski definition) is 0. The molecule has 0 amide bonds. The summed E-state index contributed by atoms with van der Waals surface area (Å²) in [5.41, 5.74) is 1.11. The second kappa shape index (κ2) is 5.24. The molecule has 2 aromatic carbocycles. The lowest BCUT2D eigenvalue weighted by Gasteiger charge is -2.07. The zero-order chi connectivity index (χ0) is 11.4. The second-order valence-corrected chi connectivity index (χ2v) is 4.19. The van der Waals surface area contributed by atoms with Crippen molar-refractivity contribution in [2.75, 3.05) is 0 Å². The highest BCUT2D eigenvalue weighted by molar-refractivity contribution is 6.35. The maximum atomic E-state index is 5.99. The van der Waals surface area contributed by atoms with Gasteiger partial charge in [0, 0.05) is 5.02 Å². The van der Waals surface area contributed by atoms with Gasteiger partial charge in [-0.1, -0.05) is 53.5 Å². The van der Waals surface area contributed by atoms with Crippen molar-refractivity contribution in [1.29, 1.82) is 0 Å². The summed E-state index contributed by atoms with van der Waals surface area (Å²) in [6.07, 6.45) is 0. The van der Waals surface area contributed by atoms with Gasteiger partial charge >= 0.3 is 0 Å².